The van der Waals surface area contributed by atoms with Crippen LogP contribution in [0.25, 0.3) is 11.3 Å². The Morgan fingerprint density at radius 3 is 2.79 bits per heavy atom. The number of ether oxygens (including phenoxy) is 1. The summed E-state index contributed by atoms with van der Waals surface area (Å²) in [5, 5.41) is 4.51. The molecule has 144 valence electrons. The first kappa shape index (κ1) is 19.7. The van der Waals surface area contributed by atoms with E-state index in [4.69, 9.17) is 20.8 Å². The van der Waals surface area contributed by atoms with Gasteiger partial charge in [0.25, 0.3) is 0 Å². The maximum Gasteiger partial charge on any atom is 0.339 e. The van der Waals surface area contributed by atoms with Crippen LogP contribution in [-0.4, -0.2) is 18.8 Å². The van der Waals surface area contributed by atoms with Crippen molar-refractivity contribution in [3.63, 3.8) is 0 Å². The minimum atomic E-state index is -0.430. The number of para-hydroxylation sites is 1. The van der Waals surface area contributed by atoms with Crippen molar-refractivity contribution in [2.45, 2.75) is 19.8 Å². The van der Waals surface area contributed by atoms with Crippen LogP contribution in [0, 0.1) is 0 Å². The van der Waals surface area contributed by atoms with Crippen LogP contribution in [0.5, 0.6) is 0 Å². The summed E-state index contributed by atoms with van der Waals surface area (Å²) < 4.78 is 11.1. The number of halogens is 1. The summed E-state index contributed by atoms with van der Waals surface area (Å²) in [6.45, 7) is 2.42. The fourth-order valence-electron chi connectivity index (χ4n) is 2.48. The van der Waals surface area contributed by atoms with Gasteiger partial charge in [-0.2, -0.15) is 5.10 Å². The zero-order valence-electron chi connectivity index (χ0n) is 15.5. The Morgan fingerprint density at radius 1 is 1.18 bits per heavy atom. The minimum Gasteiger partial charge on any atom is -0.462 e. The van der Waals surface area contributed by atoms with E-state index in [0.717, 1.165) is 24.1 Å². The van der Waals surface area contributed by atoms with Crippen molar-refractivity contribution in [2.24, 2.45) is 5.10 Å². The van der Waals surface area contributed by atoms with Crippen molar-refractivity contribution in [3.05, 3.63) is 77.0 Å². The van der Waals surface area contributed by atoms with Gasteiger partial charge < -0.3 is 9.15 Å². The number of carbonyl (C=O) groups is 1. The Hall–Kier alpha value is -3.05. The molecule has 0 aliphatic heterocycles. The van der Waals surface area contributed by atoms with Crippen molar-refractivity contribution in [1.82, 2.24) is 0 Å². The normalized spacial score (nSPS) is 10.9. The average Bonchev–Trinajstić information content (AvgIpc) is 3.18. The summed E-state index contributed by atoms with van der Waals surface area (Å²) in [7, 11) is 0. The Bertz CT molecular complexity index is 951. The first-order chi connectivity index (χ1) is 13.7. The lowest BCUT2D eigenvalue weighted by atomic mass is 10.1. The van der Waals surface area contributed by atoms with E-state index in [1.54, 1.807) is 30.5 Å². The Balaban J connectivity index is 1.70. The zero-order chi connectivity index (χ0) is 19.8. The molecular weight excluding hydrogens is 376 g/mol. The van der Waals surface area contributed by atoms with Crippen LogP contribution in [0.2, 0.25) is 5.02 Å². The smallest absolute Gasteiger partial charge is 0.339 e. The van der Waals surface area contributed by atoms with E-state index in [2.05, 4.69) is 10.5 Å². The summed E-state index contributed by atoms with van der Waals surface area (Å²) in [6, 6.07) is 18.4. The number of rotatable bonds is 8. The summed E-state index contributed by atoms with van der Waals surface area (Å²) in [5.74, 6) is 0.765. The van der Waals surface area contributed by atoms with Gasteiger partial charge in [-0.15, -0.1) is 0 Å². The number of esters is 1. The van der Waals surface area contributed by atoms with E-state index in [1.165, 1.54) is 0 Å². The highest BCUT2D eigenvalue weighted by molar-refractivity contribution is 6.33. The molecule has 1 N–H and O–H groups in total. The molecule has 0 fully saturated rings. The van der Waals surface area contributed by atoms with Gasteiger partial charge >= 0.3 is 5.97 Å². The molecule has 0 aliphatic rings. The van der Waals surface area contributed by atoms with Crippen LogP contribution < -0.4 is 5.43 Å². The number of nitrogens with one attached hydrogen (secondary N) is 1. The van der Waals surface area contributed by atoms with Gasteiger partial charge in [0.15, 0.2) is 0 Å². The fraction of sp³-hybridized carbons (Fsp3) is 0.182. The Kier molecular flexibility index (Phi) is 6.87. The Labute approximate surface area is 169 Å². The molecule has 3 aromatic rings. The van der Waals surface area contributed by atoms with Crippen LogP contribution in [0.4, 0.5) is 5.69 Å². The van der Waals surface area contributed by atoms with Crippen molar-refractivity contribution in [1.29, 1.82) is 0 Å². The van der Waals surface area contributed by atoms with Crippen LogP contribution in [0.15, 0.2) is 70.2 Å². The third kappa shape index (κ3) is 5.24. The van der Waals surface area contributed by atoms with Crippen LogP contribution in [0.1, 0.15) is 35.9 Å². The number of hydrogen-bond acceptors (Lipinski definition) is 5. The summed E-state index contributed by atoms with van der Waals surface area (Å²) in [5.41, 5.74) is 4.88. The lowest BCUT2D eigenvalue weighted by molar-refractivity contribution is 0.0500. The van der Waals surface area contributed by atoms with Gasteiger partial charge in [0, 0.05) is 5.56 Å². The van der Waals surface area contributed by atoms with Gasteiger partial charge in [0.2, 0.25) is 0 Å². The van der Waals surface area contributed by atoms with E-state index < -0.39 is 5.97 Å². The molecule has 0 bridgehead atoms. The number of hydrogen-bond donors (Lipinski definition) is 1. The summed E-state index contributed by atoms with van der Waals surface area (Å²) >= 11 is 6.16. The largest absolute Gasteiger partial charge is 0.462 e. The highest BCUT2D eigenvalue weighted by atomic mass is 35.5. The topological polar surface area (TPSA) is 63.8 Å². The maximum atomic E-state index is 12.2. The second kappa shape index (κ2) is 9.76. The van der Waals surface area contributed by atoms with Crippen molar-refractivity contribution in [3.8, 4) is 11.3 Å². The average molecular weight is 397 g/mol. The van der Waals surface area contributed by atoms with Crippen LogP contribution in [-0.2, 0) is 4.74 Å². The first-order valence-electron chi connectivity index (χ1n) is 9.08. The van der Waals surface area contributed by atoms with Gasteiger partial charge in [-0.3, -0.25) is 5.43 Å². The lowest BCUT2D eigenvalue weighted by Crippen LogP contribution is -2.07. The predicted octanol–water partition coefficient (Wildman–Crippen LogP) is 6.00. The molecule has 2 aromatic carbocycles. The summed E-state index contributed by atoms with van der Waals surface area (Å²) in [4.78, 5) is 12.2. The lowest BCUT2D eigenvalue weighted by Gasteiger charge is -2.07. The first-order valence-corrected chi connectivity index (χ1v) is 9.46. The van der Waals surface area contributed by atoms with E-state index in [0.29, 0.717) is 28.7 Å². The second-order valence-electron chi connectivity index (χ2n) is 6.12. The SMILES string of the molecule is CCCCOC(=O)c1cc(-c2ccc(C=NNc3ccccc3)o2)ccc1Cl. The predicted molar refractivity (Wildman–Crippen MR) is 112 cm³/mol. The third-order valence-electron chi connectivity index (χ3n) is 3.99. The van der Waals surface area contributed by atoms with E-state index >= 15 is 0 Å². The molecule has 0 saturated carbocycles. The number of carbonyl (C=O) groups excluding carboxylic acids is 1. The number of nitrogens with zero attached hydrogens (tertiary/aromatic N) is 1. The highest BCUT2D eigenvalue weighted by Gasteiger charge is 2.14. The van der Waals surface area contributed by atoms with Gasteiger partial charge in [0.05, 0.1) is 29.1 Å². The monoisotopic (exact) mass is 396 g/mol. The molecule has 6 heteroatoms. The van der Waals surface area contributed by atoms with Crippen LogP contribution >= 0.6 is 11.6 Å². The molecule has 0 aliphatic carbocycles. The zero-order valence-corrected chi connectivity index (χ0v) is 16.3. The molecule has 0 amide bonds. The molecule has 0 saturated heterocycles. The van der Waals surface area contributed by atoms with Gasteiger partial charge in [-0.25, -0.2) is 4.79 Å². The van der Waals surface area contributed by atoms with Crippen molar-refractivity contribution >= 4 is 29.5 Å². The molecular formula is C22H21ClN2O3. The molecule has 5 nitrogen and oxygen atoms in total. The molecule has 0 unspecified atom stereocenters. The quantitative estimate of drug-likeness (QED) is 0.219. The second-order valence-corrected chi connectivity index (χ2v) is 6.53. The maximum absolute atomic E-state index is 12.2. The van der Waals surface area contributed by atoms with Gasteiger partial charge in [-0.1, -0.05) is 43.1 Å². The number of benzene rings is 2. The van der Waals surface area contributed by atoms with Crippen molar-refractivity contribution in [2.75, 3.05) is 12.0 Å². The molecule has 3 rings (SSSR count). The minimum absolute atomic E-state index is 0.327. The highest BCUT2D eigenvalue weighted by Crippen LogP contribution is 2.27. The van der Waals surface area contributed by atoms with E-state index in [1.807, 2.05) is 43.3 Å². The third-order valence-corrected chi connectivity index (χ3v) is 4.32. The Morgan fingerprint density at radius 2 is 2.00 bits per heavy atom. The molecule has 0 atom stereocenters. The number of unbranched alkanes of at least 4 members (excludes halogenated alkanes) is 1. The van der Waals surface area contributed by atoms with Gasteiger partial charge in [0.1, 0.15) is 11.5 Å². The summed E-state index contributed by atoms with van der Waals surface area (Å²) in [6.07, 6.45) is 3.37. The van der Waals surface area contributed by atoms with Crippen molar-refractivity contribution < 1.29 is 13.9 Å². The standard InChI is InChI=1S/C22H21ClN2O3/c1-2-3-13-27-22(26)19-14-16(9-11-20(19)23)21-12-10-18(28-21)15-24-25-17-7-5-4-6-8-17/h4-12,14-15,25H,2-3,13H2,1H3. The molecule has 28 heavy (non-hydrogen) atoms. The number of furan rings is 1. The number of hydrazone groups is 1. The van der Waals surface area contributed by atoms with E-state index in [-0.39, 0.29) is 0 Å². The van der Waals surface area contributed by atoms with Crippen LogP contribution in [0.3, 0.4) is 0 Å². The molecule has 1 aromatic heterocycles. The van der Waals surface area contributed by atoms with E-state index in [9.17, 15) is 4.79 Å². The number of anilines is 1. The molecule has 0 spiro atoms. The fourth-order valence-corrected chi connectivity index (χ4v) is 2.68. The molecule has 1 heterocycles. The van der Waals surface area contributed by atoms with Gasteiger partial charge in [-0.05, 0) is 48.9 Å². The molecule has 0 radical (unpaired) electrons.